The minimum atomic E-state index is 0.636. The molecule has 3 nitrogen and oxygen atoms in total. The molecule has 0 saturated carbocycles. The quantitative estimate of drug-likeness (QED) is 0.800. The molecule has 1 heterocycles. The number of rotatable bonds is 4. The van der Waals surface area contributed by atoms with Gasteiger partial charge >= 0.3 is 0 Å². The monoisotopic (exact) mass is 217 g/mol. The first-order valence-electron chi connectivity index (χ1n) is 5.94. The van der Waals surface area contributed by atoms with Gasteiger partial charge in [0.05, 0.1) is 11.0 Å². The highest BCUT2D eigenvalue weighted by atomic mass is 15.1. The molecule has 0 radical (unpaired) electrons. The number of nitrogens with zero attached hydrogens (tertiary/aromatic N) is 2. The second-order valence-electron chi connectivity index (χ2n) is 4.32. The summed E-state index contributed by atoms with van der Waals surface area (Å²) >= 11 is 0. The maximum absolute atomic E-state index is 5.94. The van der Waals surface area contributed by atoms with Gasteiger partial charge in [-0.15, -0.1) is 0 Å². The van der Waals surface area contributed by atoms with Crippen molar-refractivity contribution in [2.24, 2.45) is 0 Å². The molecule has 3 heteroatoms. The normalized spacial score (nSPS) is 11.1. The van der Waals surface area contributed by atoms with Crippen molar-refractivity contribution in [3.05, 3.63) is 23.8 Å². The van der Waals surface area contributed by atoms with Crippen molar-refractivity contribution in [3.63, 3.8) is 0 Å². The third kappa shape index (κ3) is 2.03. The summed E-state index contributed by atoms with van der Waals surface area (Å²) in [5.74, 6) is 0.636. The molecule has 0 aliphatic heterocycles. The summed E-state index contributed by atoms with van der Waals surface area (Å²) in [6.45, 7) is 5.28. The molecule has 0 saturated heterocycles. The highest BCUT2D eigenvalue weighted by Crippen LogP contribution is 2.19. The Labute approximate surface area is 96.3 Å². The fraction of sp³-hybridized carbons (Fsp3) is 0.462. The van der Waals surface area contributed by atoms with Crippen LogP contribution in [-0.2, 0) is 6.54 Å². The molecule has 16 heavy (non-hydrogen) atoms. The van der Waals surface area contributed by atoms with Crippen molar-refractivity contribution in [1.29, 1.82) is 0 Å². The molecule has 0 aliphatic carbocycles. The second kappa shape index (κ2) is 4.56. The Balaban J connectivity index is 2.34. The van der Waals surface area contributed by atoms with Gasteiger partial charge in [0.25, 0.3) is 0 Å². The number of nitrogen functional groups attached to an aromatic ring is 1. The topological polar surface area (TPSA) is 43.8 Å². The Morgan fingerprint density at radius 1 is 1.31 bits per heavy atom. The van der Waals surface area contributed by atoms with E-state index in [1.165, 1.54) is 24.8 Å². The van der Waals surface area contributed by atoms with E-state index in [0.717, 1.165) is 17.6 Å². The molecule has 0 amide bonds. The van der Waals surface area contributed by atoms with Gasteiger partial charge < -0.3 is 10.3 Å². The van der Waals surface area contributed by atoms with Crippen LogP contribution in [0.4, 0.5) is 5.95 Å². The molecule has 1 aromatic heterocycles. The Hall–Kier alpha value is -1.51. The predicted molar refractivity (Wildman–Crippen MR) is 68.4 cm³/mol. The van der Waals surface area contributed by atoms with Crippen molar-refractivity contribution in [2.45, 2.75) is 39.7 Å². The number of nitrogens with two attached hydrogens (primary N) is 1. The van der Waals surface area contributed by atoms with Crippen molar-refractivity contribution in [2.75, 3.05) is 5.73 Å². The van der Waals surface area contributed by atoms with E-state index in [1.54, 1.807) is 0 Å². The Morgan fingerprint density at radius 2 is 2.12 bits per heavy atom. The number of fused-ring (bicyclic) bond motifs is 1. The van der Waals surface area contributed by atoms with Crippen LogP contribution >= 0.6 is 0 Å². The molecule has 2 aromatic rings. The first-order chi connectivity index (χ1) is 7.72. The van der Waals surface area contributed by atoms with Crippen molar-refractivity contribution < 1.29 is 0 Å². The largest absolute Gasteiger partial charge is 0.369 e. The zero-order valence-corrected chi connectivity index (χ0v) is 10.0. The lowest BCUT2D eigenvalue weighted by Crippen LogP contribution is -2.03. The Kier molecular flexibility index (Phi) is 3.13. The van der Waals surface area contributed by atoms with Gasteiger partial charge in [0.1, 0.15) is 0 Å². The van der Waals surface area contributed by atoms with Crippen LogP contribution in [0.1, 0.15) is 31.7 Å². The van der Waals surface area contributed by atoms with Crippen molar-refractivity contribution in [1.82, 2.24) is 9.55 Å². The molecule has 0 bridgehead atoms. The fourth-order valence-electron chi connectivity index (χ4n) is 2.01. The van der Waals surface area contributed by atoms with E-state index in [2.05, 4.69) is 35.5 Å². The zero-order valence-electron chi connectivity index (χ0n) is 10.0. The van der Waals surface area contributed by atoms with Crippen LogP contribution in [0.5, 0.6) is 0 Å². The summed E-state index contributed by atoms with van der Waals surface area (Å²) in [5, 5.41) is 0. The van der Waals surface area contributed by atoms with Crippen LogP contribution < -0.4 is 5.73 Å². The fourth-order valence-corrected chi connectivity index (χ4v) is 2.01. The lowest BCUT2D eigenvalue weighted by Gasteiger charge is -2.05. The molecule has 0 spiro atoms. The van der Waals surface area contributed by atoms with E-state index in [1.807, 2.05) is 6.07 Å². The molecule has 0 unspecified atom stereocenters. The Bertz CT molecular complexity index is 485. The van der Waals surface area contributed by atoms with Crippen LogP contribution in [0.15, 0.2) is 18.2 Å². The summed E-state index contributed by atoms with van der Waals surface area (Å²) < 4.78 is 2.12. The van der Waals surface area contributed by atoms with Gasteiger partial charge in [-0.3, -0.25) is 0 Å². The number of aryl methyl sites for hydroxylation is 2. The number of imidazole rings is 1. The zero-order chi connectivity index (χ0) is 11.5. The minimum absolute atomic E-state index is 0.636. The number of benzene rings is 1. The molecule has 0 aliphatic rings. The van der Waals surface area contributed by atoms with Gasteiger partial charge in [0.2, 0.25) is 5.95 Å². The first kappa shape index (κ1) is 11.0. The maximum Gasteiger partial charge on any atom is 0.201 e. The van der Waals surface area contributed by atoms with E-state index in [-0.39, 0.29) is 0 Å². The lowest BCUT2D eigenvalue weighted by molar-refractivity contribution is 0.619. The molecular weight excluding hydrogens is 198 g/mol. The van der Waals surface area contributed by atoms with Crippen LogP contribution in [0.25, 0.3) is 11.0 Å². The van der Waals surface area contributed by atoms with Gasteiger partial charge in [0.15, 0.2) is 0 Å². The summed E-state index contributed by atoms with van der Waals surface area (Å²) in [7, 11) is 0. The molecule has 86 valence electrons. The van der Waals surface area contributed by atoms with Gasteiger partial charge in [0, 0.05) is 6.54 Å². The minimum Gasteiger partial charge on any atom is -0.369 e. The summed E-state index contributed by atoms with van der Waals surface area (Å²) in [5.41, 5.74) is 9.35. The summed E-state index contributed by atoms with van der Waals surface area (Å²) in [4.78, 5) is 4.37. The third-order valence-electron chi connectivity index (χ3n) is 2.92. The number of hydrogen-bond donors (Lipinski definition) is 1. The van der Waals surface area contributed by atoms with E-state index in [4.69, 9.17) is 5.73 Å². The highest BCUT2D eigenvalue weighted by Gasteiger charge is 2.07. The van der Waals surface area contributed by atoms with Crippen LogP contribution in [0, 0.1) is 6.92 Å². The smallest absolute Gasteiger partial charge is 0.201 e. The lowest BCUT2D eigenvalue weighted by atomic mass is 10.2. The molecular formula is C13H19N3. The third-order valence-corrected chi connectivity index (χ3v) is 2.92. The highest BCUT2D eigenvalue weighted by molar-refractivity contribution is 5.79. The van der Waals surface area contributed by atoms with E-state index in [0.29, 0.717) is 5.95 Å². The van der Waals surface area contributed by atoms with E-state index in [9.17, 15) is 0 Å². The van der Waals surface area contributed by atoms with Gasteiger partial charge in [-0.25, -0.2) is 4.98 Å². The van der Waals surface area contributed by atoms with Crippen LogP contribution in [0.2, 0.25) is 0 Å². The summed E-state index contributed by atoms with van der Waals surface area (Å²) in [6, 6.07) is 6.27. The van der Waals surface area contributed by atoms with Crippen LogP contribution in [0.3, 0.4) is 0 Å². The van der Waals surface area contributed by atoms with Gasteiger partial charge in [-0.1, -0.05) is 25.8 Å². The first-order valence-corrected chi connectivity index (χ1v) is 5.94. The molecule has 2 rings (SSSR count). The number of anilines is 1. The Morgan fingerprint density at radius 3 is 2.88 bits per heavy atom. The van der Waals surface area contributed by atoms with Gasteiger partial charge in [-0.05, 0) is 31.0 Å². The van der Waals surface area contributed by atoms with Crippen molar-refractivity contribution >= 4 is 17.0 Å². The average Bonchev–Trinajstić information content (AvgIpc) is 2.56. The molecule has 2 N–H and O–H groups in total. The summed E-state index contributed by atoms with van der Waals surface area (Å²) in [6.07, 6.45) is 3.64. The molecule has 0 atom stereocenters. The predicted octanol–water partition coefficient (Wildman–Crippen LogP) is 3.12. The van der Waals surface area contributed by atoms with E-state index < -0.39 is 0 Å². The maximum atomic E-state index is 5.94. The van der Waals surface area contributed by atoms with Gasteiger partial charge in [-0.2, -0.15) is 0 Å². The van der Waals surface area contributed by atoms with Crippen molar-refractivity contribution in [3.8, 4) is 0 Å². The SMILES string of the molecule is CCCCCn1c(N)nc2ccc(C)cc21. The van der Waals surface area contributed by atoms with E-state index >= 15 is 0 Å². The average molecular weight is 217 g/mol. The second-order valence-corrected chi connectivity index (χ2v) is 4.32. The molecule has 1 aromatic carbocycles. The number of hydrogen-bond acceptors (Lipinski definition) is 2. The molecule has 0 fully saturated rings. The van der Waals surface area contributed by atoms with Crippen LogP contribution in [-0.4, -0.2) is 9.55 Å². The number of aromatic nitrogens is 2. The number of unbranched alkanes of at least 4 members (excludes halogenated alkanes) is 2. The standard InChI is InChI=1S/C13H19N3/c1-3-4-5-8-16-12-9-10(2)6-7-11(12)15-13(16)14/h6-7,9H,3-5,8H2,1-2H3,(H2,14,15).